The Balaban J connectivity index is 1.90. The molecule has 0 fully saturated rings. The largest absolute Gasteiger partial charge is 0.488 e. The zero-order valence-corrected chi connectivity index (χ0v) is 11.8. The van der Waals surface area contributed by atoms with Gasteiger partial charge in [-0.05, 0) is 29.7 Å². The third-order valence-electron chi connectivity index (χ3n) is 3.77. The molecule has 0 radical (unpaired) electrons. The SMILES string of the molecule is Cc1ccccc1-c1cccc2c1CC(CNC(=O)O)O2. The van der Waals surface area contributed by atoms with Gasteiger partial charge in [-0.25, -0.2) is 4.79 Å². The fourth-order valence-corrected chi connectivity index (χ4v) is 2.78. The molecule has 2 aromatic rings. The number of rotatable bonds is 3. The standard InChI is InChI=1S/C17H17NO3/c1-11-5-2-3-6-13(11)14-7-4-8-16-15(14)9-12(21-16)10-18-17(19)20/h2-8,12,18H,9-10H2,1H3,(H,19,20). The molecule has 3 rings (SSSR count). The predicted octanol–water partition coefficient (Wildman–Crippen LogP) is 3.23. The monoisotopic (exact) mass is 283 g/mol. The number of carbonyl (C=O) groups is 1. The topological polar surface area (TPSA) is 58.6 Å². The van der Waals surface area contributed by atoms with Gasteiger partial charge >= 0.3 is 6.09 Å². The summed E-state index contributed by atoms with van der Waals surface area (Å²) >= 11 is 0. The maximum Gasteiger partial charge on any atom is 0.404 e. The van der Waals surface area contributed by atoms with E-state index in [4.69, 9.17) is 9.84 Å². The van der Waals surface area contributed by atoms with E-state index in [-0.39, 0.29) is 6.10 Å². The van der Waals surface area contributed by atoms with Crippen LogP contribution in [0, 0.1) is 6.92 Å². The molecular formula is C17H17NO3. The second-order valence-electron chi connectivity index (χ2n) is 5.23. The zero-order chi connectivity index (χ0) is 14.8. The number of carboxylic acid groups (broad SMARTS) is 1. The Morgan fingerprint density at radius 1 is 1.24 bits per heavy atom. The highest BCUT2D eigenvalue weighted by Crippen LogP contribution is 2.37. The molecule has 21 heavy (non-hydrogen) atoms. The first-order valence-electron chi connectivity index (χ1n) is 6.96. The second-order valence-corrected chi connectivity index (χ2v) is 5.23. The highest BCUT2D eigenvalue weighted by molar-refractivity contribution is 5.73. The van der Waals surface area contributed by atoms with E-state index in [9.17, 15) is 4.79 Å². The van der Waals surface area contributed by atoms with Crippen molar-refractivity contribution < 1.29 is 14.6 Å². The molecule has 0 aliphatic carbocycles. The summed E-state index contributed by atoms with van der Waals surface area (Å²) in [6.45, 7) is 2.39. The minimum atomic E-state index is -1.02. The average Bonchev–Trinajstić information content (AvgIpc) is 2.88. The Kier molecular flexibility index (Phi) is 3.52. The first-order valence-corrected chi connectivity index (χ1v) is 6.96. The number of fused-ring (bicyclic) bond motifs is 1. The number of nitrogens with one attached hydrogen (secondary N) is 1. The molecule has 1 amide bonds. The molecule has 0 spiro atoms. The molecular weight excluding hydrogens is 266 g/mol. The van der Waals surface area contributed by atoms with Crippen LogP contribution < -0.4 is 10.1 Å². The smallest absolute Gasteiger partial charge is 0.404 e. The summed E-state index contributed by atoms with van der Waals surface area (Å²) < 4.78 is 5.83. The molecule has 4 heteroatoms. The lowest BCUT2D eigenvalue weighted by Gasteiger charge is -2.09. The van der Waals surface area contributed by atoms with E-state index in [2.05, 4.69) is 30.4 Å². The number of amides is 1. The minimum absolute atomic E-state index is 0.138. The summed E-state index contributed by atoms with van der Waals surface area (Å²) in [5.74, 6) is 0.855. The molecule has 1 aliphatic rings. The highest BCUT2D eigenvalue weighted by atomic mass is 16.5. The predicted molar refractivity (Wildman–Crippen MR) is 80.8 cm³/mol. The fraction of sp³-hybridized carbons (Fsp3) is 0.235. The molecule has 1 unspecified atom stereocenters. The van der Waals surface area contributed by atoms with E-state index in [0.29, 0.717) is 6.54 Å². The zero-order valence-electron chi connectivity index (χ0n) is 11.8. The van der Waals surface area contributed by atoms with E-state index in [1.54, 1.807) is 0 Å². The van der Waals surface area contributed by atoms with Crippen LogP contribution in [0.25, 0.3) is 11.1 Å². The van der Waals surface area contributed by atoms with Gasteiger partial charge in [-0.2, -0.15) is 0 Å². The van der Waals surface area contributed by atoms with Gasteiger partial charge < -0.3 is 15.2 Å². The Hall–Kier alpha value is -2.49. The van der Waals surface area contributed by atoms with E-state index >= 15 is 0 Å². The van der Waals surface area contributed by atoms with Crippen LogP contribution in [-0.4, -0.2) is 23.8 Å². The number of ether oxygens (including phenoxy) is 1. The summed E-state index contributed by atoms with van der Waals surface area (Å²) in [6.07, 6.45) is -0.435. The van der Waals surface area contributed by atoms with Crippen molar-refractivity contribution in [3.8, 4) is 16.9 Å². The Morgan fingerprint density at radius 3 is 2.76 bits per heavy atom. The van der Waals surface area contributed by atoms with E-state index < -0.39 is 6.09 Å². The summed E-state index contributed by atoms with van der Waals surface area (Å²) in [4.78, 5) is 10.6. The molecule has 1 atom stereocenters. The lowest BCUT2D eigenvalue weighted by Crippen LogP contribution is -2.33. The van der Waals surface area contributed by atoms with Crippen LogP contribution in [-0.2, 0) is 6.42 Å². The van der Waals surface area contributed by atoms with Crippen LogP contribution in [0.5, 0.6) is 5.75 Å². The minimum Gasteiger partial charge on any atom is -0.488 e. The van der Waals surface area contributed by atoms with Gasteiger partial charge in [-0.1, -0.05) is 36.4 Å². The van der Waals surface area contributed by atoms with Gasteiger partial charge in [0.2, 0.25) is 0 Å². The van der Waals surface area contributed by atoms with Crippen LogP contribution in [0.1, 0.15) is 11.1 Å². The van der Waals surface area contributed by atoms with Crippen molar-refractivity contribution in [2.45, 2.75) is 19.4 Å². The average molecular weight is 283 g/mol. The molecule has 4 nitrogen and oxygen atoms in total. The van der Waals surface area contributed by atoms with Crippen molar-refractivity contribution in [3.05, 3.63) is 53.6 Å². The van der Waals surface area contributed by atoms with Crippen LogP contribution in [0.3, 0.4) is 0 Å². The van der Waals surface area contributed by atoms with Gasteiger partial charge in [0.05, 0.1) is 6.54 Å². The molecule has 1 heterocycles. The molecule has 0 aromatic heterocycles. The molecule has 2 aromatic carbocycles. The van der Waals surface area contributed by atoms with Gasteiger partial charge in [0, 0.05) is 12.0 Å². The summed E-state index contributed by atoms with van der Waals surface area (Å²) in [7, 11) is 0. The molecule has 0 saturated heterocycles. The maximum absolute atomic E-state index is 10.6. The van der Waals surface area contributed by atoms with Gasteiger partial charge in [0.1, 0.15) is 11.9 Å². The van der Waals surface area contributed by atoms with Crippen molar-refractivity contribution >= 4 is 6.09 Å². The van der Waals surface area contributed by atoms with Crippen LogP contribution >= 0.6 is 0 Å². The van der Waals surface area contributed by atoms with Crippen LogP contribution in [0.2, 0.25) is 0 Å². The molecule has 1 aliphatic heterocycles. The van der Waals surface area contributed by atoms with E-state index in [1.807, 2.05) is 24.3 Å². The van der Waals surface area contributed by atoms with Crippen LogP contribution in [0.4, 0.5) is 4.79 Å². The number of benzene rings is 2. The highest BCUT2D eigenvalue weighted by Gasteiger charge is 2.26. The number of hydrogen-bond acceptors (Lipinski definition) is 2. The Bertz CT molecular complexity index is 681. The Labute approximate surface area is 123 Å². The number of hydrogen-bond donors (Lipinski definition) is 2. The quantitative estimate of drug-likeness (QED) is 0.909. The lowest BCUT2D eigenvalue weighted by atomic mass is 9.94. The molecule has 2 N–H and O–H groups in total. The molecule has 0 saturated carbocycles. The van der Waals surface area contributed by atoms with Crippen molar-refractivity contribution in [1.82, 2.24) is 5.32 Å². The maximum atomic E-state index is 10.6. The fourth-order valence-electron chi connectivity index (χ4n) is 2.78. The normalized spacial score (nSPS) is 16.1. The molecule has 108 valence electrons. The van der Waals surface area contributed by atoms with E-state index in [0.717, 1.165) is 17.7 Å². The first-order chi connectivity index (χ1) is 10.1. The van der Waals surface area contributed by atoms with Crippen molar-refractivity contribution in [2.75, 3.05) is 6.54 Å². The van der Waals surface area contributed by atoms with Gasteiger partial charge in [0.15, 0.2) is 0 Å². The first kappa shape index (κ1) is 13.5. The Morgan fingerprint density at radius 2 is 2.00 bits per heavy atom. The van der Waals surface area contributed by atoms with Crippen molar-refractivity contribution in [3.63, 3.8) is 0 Å². The number of aryl methyl sites for hydroxylation is 1. The van der Waals surface area contributed by atoms with Gasteiger partial charge in [0.25, 0.3) is 0 Å². The molecule has 0 bridgehead atoms. The lowest BCUT2D eigenvalue weighted by molar-refractivity contribution is 0.181. The summed E-state index contributed by atoms with van der Waals surface area (Å²) in [5.41, 5.74) is 4.75. The van der Waals surface area contributed by atoms with Gasteiger partial charge in [-0.15, -0.1) is 0 Å². The van der Waals surface area contributed by atoms with E-state index in [1.165, 1.54) is 16.7 Å². The second kappa shape index (κ2) is 5.48. The third-order valence-corrected chi connectivity index (χ3v) is 3.77. The summed E-state index contributed by atoms with van der Waals surface area (Å²) in [5, 5.41) is 11.1. The van der Waals surface area contributed by atoms with Crippen LogP contribution in [0.15, 0.2) is 42.5 Å². The summed E-state index contributed by atoms with van der Waals surface area (Å²) in [6, 6.07) is 14.3. The van der Waals surface area contributed by atoms with Gasteiger partial charge in [-0.3, -0.25) is 0 Å². The van der Waals surface area contributed by atoms with Crippen molar-refractivity contribution in [1.29, 1.82) is 0 Å². The van der Waals surface area contributed by atoms with Crippen molar-refractivity contribution in [2.24, 2.45) is 0 Å². The third kappa shape index (κ3) is 2.70.